The number of fused-ring (bicyclic) bond motifs is 3. The van der Waals surface area contributed by atoms with E-state index in [1.807, 2.05) is 68.4 Å². The molecule has 30 heavy (non-hydrogen) atoms. The molecule has 0 aliphatic rings. The first-order chi connectivity index (χ1) is 14.2. The van der Waals surface area contributed by atoms with Gasteiger partial charge < -0.3 is 14.2 Å². The third-order valence-electron chi connectivity index (χ3n) is 5.80. The Hall–Kier alpha value is -3.07. The summed E-state index contributed by atoms with van der Waals surface area (Å²) < 4.78 is 11.9. The number of nitriles is 1. The molecular formula is C25H23BNO3. The van der Waals surface area contributed by atoms with Gasteiger partial charge in [0.05, 0.1) is 22.8 Å². The van der Waals surface area contributed by atoms with Crippen molar-refractivity contribution in [3.63, 3.8) is 0 Å². The summed E-state index contributed by atoms with van der Waals surface area (Å²) in [7, 11) is 1.68. The third-order valence-corrected chi connectivity index (χ3v) is 5.80. The molecule has 1 N–H and O–H groups in total. The Bertz CT molecular complexity index is 1260. The van der Waals surface area contributed by atoms with Gasteiger partial charge >= 0.3 is 7.48 Å². The molecule has 0 saturated heterocycles. The van der Waals surface area contributed by atoms with Gasteiger partial charge in [0.1, 0.15) is 11.2 Å². The average Bonchev–Trinajstić information content (AvgIpc) is 3.09. The lowest BCUT2D eigenvalue weighted by atomic mass is 9.82. The molecule has 1 radical (unpaired) electrons. The molecule has 0 atom stereocenters. The Labute approximate surface area is 177 Å². The Morgan fingerprint density at radius 3 is 2.10 bits per heavy atom. The van der Waals surface area contributed by atoms with Crippen LogP contribution in [0.2, 0.25) is 0 Å². The van der Waals surface area contributed by atoms with Crippen LogP contribution in [0.15, 0.2) is 65.1 Å². The van der Waals surface area contributed by atoms with Gasteiger partial charge in [-0.25, -0.2) is 0 Å². The normalized spacial score (nSPS) is 12.3. The molecule has 149 valence electrons. The van der Waals surface area contributed by atoms with Crippen LogP contribution >= 0.6 is 0 Å². The van der Waals surface area contributed by atoms with E-state index in [-0.39, 0.29) is 0 Å². The van der Waals surface area contributed by atoms with E-state index >= 15 is 0 Å². The summed E-state index contributed by atoms with van der Waals surface area (Å²) in [6, 6.07) is 21.7. The Balaban J connectivity index is 1.70. The van der Waals surface area contributed by atoms with Gasteiger partial charge in [0, 0.05) is 10.8 Å². The van der Waals surface area contributed by atoms with Gasteiger partial charge in [0.2, 0.25) is 0 Å². The van der Waals surface area contributed by atoms with Gasteiger partial charge in [-0.15, -0.1) is 0 Å². The number of rotatable bonds is 5. The second-order valence-electron chi connectivity index (χ2n) is 8.56. The molecule has 0 fully saturated rings. The number of hydrogen-bond donors (Lipinski definition) is 1. The lowest BCUT2D eigenvalue weighted by molar-refractivity contribution is -0.0893. The van der Waals surface area contributed by atoms with E-state index in [9.17, 15) is 5.11 Å². The lowest BCUT2D eigenvalue weighted by Gasteiger charge is -2.37. The quantitative estimate of drug-likeness (QED) is 0.486. The zero-order valence-electron chi connectivity index (χ0n) is 17.6. The van der Waals surface area contributed by atoms with Gasteiger partial charge in [-0.3, -0.25) is 0 Å². The topological polar surface area (TPSA) is 66.4 Å². The molecule has 3 aromatic carbocycles. The monoisotopic (exact) mass is 396 g/mol. The van der Waals surface area contributed by atoms with E-state index in [1.54, 1.807) is 21.3 Å². The van der Waals surface area contributed by atoms with Crippen LogP contribution in [0, 0.1) is 11.3 Å². The molecular weight excluding hydrogens is 373 g/mol. The van der Waals surface area contributed by atoms with Gasteiger partial charge in [-0.1, -0.05) is 35.8 Å². The van der Waals surface area contributed by atoms with E-state index in [1.165, 1.54) is 0 Å². The van der Waals surface area contributed by atoms with Crippen LogP contribution in [-0.4, -0.2) is 23.8 Å². The van der Waals surface area contributed by atoms with E-state index in [0.29, 0.717) is 5.56 Å². The van der Waals surface area contributed by atoms with Crippen LogP contribution in [0.3, 0.4) is 0 Å². The zero-order chi connectivity index (χ0) is 21.5. The van der Waals surface area contributed by atoms with Crippen molar-refractivity contribution in [3.8, 4) is 17.2 Å². The van der Waals surface area contributed by atoms with Crippen molar-refractivity contribution in [3.05, 3.63) is 66.2 Å². The van der Waals surface area contributed by atoms with Crippen LogP contribution in [-0.2, 0) is 4.65 Å². The van der Waals surface area contributed by atoms with Crippen LogP contribution in [0.5, 0.6) is 0 Å². The van der Waals surface area contributed by atoms with Crippen LogP contribution in [0.25, 0.3) is 33.1 Å². The summed E-state index contributed by atoms with van der Waals surface area (Å²) in [5.41, 5.74) is 3.55. The maximum atomic E-state index is 10.3. The fourth-order valence-corrected chi connectivity index (χ4v) is 3.14. The molecule has 5 heteroatoms. The Morgan fingerprint density at radius 1 is 0.867 bits per heavy atom. The van der Waals surface area contributed by atoms with Crippen LogP contribution in [0.1, 0.15) is 33.3 Å². The number of furan rings is 1. The summed E-state index contributed by atoms with van der Waals surface area (Å²) in [6.45, 7) is 7.19. The third kappa shape index (κ3) is 3.72. The minimum absolute atomic E-state index is 0.641. The number of nitrogens with zero attached hydrogens (tertiary/aromatic N) is 1. The molecule has 0 unspecified atom stereocenters. The molecule has 1 heterocycles. The number of aliphatic hydroxyl groups is 1. The SMILES string of the molecule is CC(C)(O)C(C)(C)O[B]c1ccc2oc3ccc(-c4ccc(C#N)cc4)cc3c2c1. The number of hydrogen-bond acceptors (Lipinski definition) is 4. The molecule has 0 spiro atoms. The van der Waals surface area contributed by atoms with E-state index in [0.717, 1.165) is 38.5 Å². The highest BCUT2D eigenvalue weighted by Crippen LogP contribution is 2.32. The van der Waals surface area contributed by atoms with E-state index in [4.69, 9.17) is 14.3 Å². The molecule has 0 bridgehead atoms. The van der Waals surface area contributed by atoms with Crippen LogP contribution < -0.4 is 5.46 Å². The average molecular weight is 396 g/mol. The molecule has 0 saturated carbocycles. The van der Waals surface area contributed by atoms with Gasteiger partial charge in [-0.05, 0) is 69.2 Å². The second-order valence-corrected chi connectivity index (χ2v) is 8.56. The highest BCUT2D eigenvalue weighted by Gasteiger charge is 2.35. The van der Waals surface area contributed by atoms with Crippen molar-refractivity contribution < 1.29 is 14.2 Å². The molecule has 0 aliphatic carbocycles. The molecule has 0 aliphatic heterocycles. The van der Waals surface area contributed by atoms with E-state index < -0.39 is 11.2 Å². The first-order valence-corrected chi connectivity index (χ1v) is 9.88. The Kier molecular flexibility index (Phi) is 4.93. The first kappa shape index (κ1) is 20.2. The smallest absolute Gasteiger partial charge is 0.330 e. The fraction of sp³-hybridized carbons (Fsp3) is 0.240. The van der Waals surface area contributed by atoms with Gasteiger partial charge in [0.15, 0.2) is 0 Å². The molecule has 4 aromatic rings. The lowest BCUT2D eigenvalue weighted by Crippen LogP contribution is -2.49. The maximum Gasteiger partial charge on any atom is 0.330 e. The van der Waals surface area contributed by atoms with Crippen molar-refractivity contribution in [2.45, 2.75) is 38.9 Å². The standard InChI is InChI=1S/C25H23BNO3/c1-24(2,28)25(3,4)30-26-19-10-12-23-21(14-19)20-13-18(9-11-22(20)29-23)17-7-5-16(15-27)6-8-17/h5-14,28H,1-4H3. The van der Waals surface area contributed by atoms with Crippen molar-refractivity contribution in [2.24, 2.45) is 0 Å². The minimum Gasteiger partial charge on any atom is -0.456 e. The fourth-order valence-electron chi connectivity index (χ4n) is 3.14. The highest BCUT2D eigenvalue weighted by molar-refractivity contribution is 6.47. The first-order valence-electron chi connectivity index (χ1n) is 9.88. The number of benzene rings is 3. The summed E-state index contributed by atoms with van der Waals surface area (Å²) in [5, 5.41) is 21.3. The zero-order valence-corrected chi connectivity index (χ0v) is 17.6. The van der Waals surface area contributed by atoms with Gasteiger partial charge in [0.25, 0.3) is 0 Å². The minimum atomic E-state index is -0.980. The van der Waals surface area contributed by atoms with E-state index in [2.05, 4.69) is 12.1 Å². The molecule has 4 rings (SSSR count). The summed E-state index contributed by atoms with van der Waals surface area (Å²) >= 11 is 0. The molecule has 4 nitrogen and oxygen atoms in total. The second kappa shape index (κ2) is 7.32. The van der Waals surface area contributed by atoms with Crippen molar-refractivity contribution in [1.29, 1.82) is 5.26 Å². The molecule has 0 amide bonds. The largest absolute Gasteiger partial charge is 0.456 e. The predicted molar refractivity (Wildman–Crippen MR) is 121 cm³/mol. The highest BCUT2D eigenvalue weighted by atomic mass is 16.5. The summed E-state index contributed by atoms with van der Waals surface area (Å²) in [5.74, 6) is 0. The predicted octanol–water partition coefficient (Wildman–Crippen LogP) is 4.94. The Morgan fingerprint density at radius 2 is 1.47 bits per heavy atom. The van der Waals surface area contributed by atoms with Crippen molar-refractivity contribution in [1.82, 2.24) is 0 Å². The summed E-state index contributed by atoms with van der Waals surface area (Å²) in [4.78, 5) is 0. The van der Waals surface area contributed by atoms with Crippen molar-refractivity contribution in [2.75, 3.05) is 0 Å². The van der Waals surface area contributed by atoms with Gasteiger partial charge in [-0.2, -0.15) is 5.26 Å². The van der Waals surface area contributed by atoms with Crippen molar-refractivity contribution >= 4 is 34.9 Å². The van der Waals surface area contributed by atoms with Crippen LogP contribution in [0.4, 0.5) is 0 Å². The maximum absolute atomic E-state index is 10.3. The summed E-state index contributed by atoms with van der Waals surface area (Å²) in [6.07, 6.45) is 0. The molecule has 1 aromatic heterocycles.